The molecule has 1 N–H and O–H groups in total. The summed E-state index contributed by atoms with van der Waals surface area (Å²) >= 11 is 6.24. The van der Waals surface area contributed by atoms with Crippen molar-refractivity contribution in [3.05, 3.63) is 70.4 Å². The summed E-state index contributed by atoms with van der Waals surface area (Å²) in [6.07, 6.45) is 5.93. The Morgan fingerprint density at radius 3 is 2.87 bits per heavy atom. The van der Waals surface area contributed by atoms with Gasteiger partial charge in [-0.25, -0.2) is 0 Å². The molecule has 3 aliphatic rings. The summed E-state index contributed by atoms with van der Waals surface area (Å²) in [5.41, 5.74) is 4.95. The number of hydrogen-bond donors (Lipinski definition) is 1. The predicted molar refractivity (Wildman–Crippen MR) is 121 cm³/mol. The minimum Gasteiger partial charge on any atom is -0.508 e. The average Bonchev–Trinajstić information content (AvgIpc) is 3.55. The van der Waals surface area contributed by atoms with Gasteiger partial charge in [0, 0.05) is 41.0 Å². The normalized spacial score (nSPS) is 26.4. The van der Waals surface area contributed by atoms with Crippen molar-refractivity contribution in [1.29, 1.82) is 0 Å². The molecule has 2 aliphatic carbocycles. The second-order valence-corrected chi connectivity index (χ2v) is 10.1. The third-order valence-corrected chi connectivity index (χ3v) is 7.90. The number of hydrogen-bond acceptors (Lipinski definition) is 3. The quantitative estimate of drug-likeness (QED) is 0.621. The summed E-state index contributed by atoms with van der Waals surface area (Å²) in [6, 6.07) is 16.3. The monoisotopic (exact) mass is 418 g/mol. The number of piperidine rings is 1. The first-order valence-electron chi connectivity index (χ1n) is 11.2. The number of aromatic nitrogens is 1. The Morgan fingerprint density at radius 1 is 1.13 bits per heavy atom. The molecule has 0 unspecified atom stereocenters. The maximum Gasteiger partial charge on any atom is 0.115 e. The molecule has 1 saturated carbocycles. The van der Waals surface area contributed by atoms with Crippen LogP contribution in [-0.4, -0.2) is 34.6 Å². The standard InChI is InChI=1S/C26H27ClN2O/c27-22-6-7-24-19(12-22)10-18-11-21-16-29(15-17-4-5-17)9-8-26(21,14-25(18)28-24)20-2-1-3-23(30)13-20/h1-3,6-7,10,12-13,17,21,30H,4-5,8-9,11,14-16H2/t21-,26-/m0/s1. The van der Waals surface area contributed by atoms with Crippen LogP contribution in [0.15, 0.2) is 48.5 Å². The third-order valence-electron chi connectivity index (χ3n) is 7.66. The molecule has 2 atom stereocenters. The van der Waals surface area contributed by atoms with E-state index in [2.05, 4.69) is 17.0 Å². The number of phenolic OH excluding ortho intramolecular Hbond substituents is 1. The second kappa shape index (κ2) is 6.96. The van der Waals surface area contributed by atoms with Gasteiger partial charge in [-0.3, -0.25) is 4.98 Å². The van der Waals surface area contributed by atoms with Crippen molar-refractivity contribution in [2.75, 3.05) is 19.6 Å². The maximum absolute atomic E-state index is 10.2. The number of benzene rings is 2. The molecule has 1 saturated heterocycles. The summed E-state index contributed by atoms with van der Waals surface area (Å²) in [4.78, 5) is 7.78. The van der Waals surface area contributed by atoms with E-state index in [-0.39, 0.29) is 5.41 Å². The lowest BCUT2D eigenvalue weighted by Crippen LogP contribution is -2.54. The molecule has 0 bridgehead atoms. The van der Waals surface area contributed by atoms with Crippen LogP contribution in [0.2, 0.25) is 5.02 Å². The highest BCUT2D eigenvalue weighted by atomic mass is 35.5. The molecule has 4 heteroatoms. The Bertz CT molecular complexity index is 1130. The van der Waals surface area contributed by atoms with E-state index in [1.807, 2.05) is 30.3 Å². The van der Waals surface area contributed by atoms with Gasteiger partial charge in [0.25, 0.3) is 0 Å². The summed E-state index contributed by atoms with van der Waals surface area (Å²) < 4.78 is 0. The van der Waals surface area contributed by atoms with Crippen molar-refractivity contribution in [2.24, 2.45) is 11.8 Å². The van der Waals surface area contributed by atoms with Crippen LogP contribution in [0.4, 0.5) is 0 Å². The van der Waals surface area contributed by atoms with Gasteiger partial charge in [0.1, 0.15) is 5.75 Å². The van der Waals surface area contributed by atoms with Crippen LogP contribution in [0.25, 0.3) is 10.9 Å². The fourth-order valence-corrected chi connectivity index (χ4v) is 6.07. The smallest absolute Gasteiger partial charge is 0.115 e. The average molecular weight is 419 g/mol. The lowest BCUT2D eigenvalue weighted by Gasteiger charge is -2.51. The predicted octanol–water partition coefficient (Wildman–Crippen LogP) is 5.36. The number of pyridine rings is 1. The van der Waals surface area contributed by atoms with Crippen molar-refractivity contribution in [2.45, 2.75) is 37.5 Å². The van der Waals surface area contributed by atoms with Crippen LogP contribution in [0, 0.1) is 11.8 Å². The molecule has 2 heterocycles. The molecule has 2 fully saturated rings. The van der Waals surface area contributed by atoms with E-state index in [1.165, 1.54) is 36.2 Å². The third kappa shape index (κ3) is 3.19. The van der Waals surface area contributed by atoms with Crippen molar-refractivity contribution in [1.82, 2.24) is 9.88 Å². The fraction of sp³-hybridized carbons (Fsp3) is 0.423. The van der Waals surface area contributed by atoms with Crippen LogP contribution in [0.5, 0.6) is 5.75 Å². The summed E-state index contributed by atoms with van der Waals surface area (Å²) in [7, 11) is 0. The number of aromatic hydroxyl groups is 1. The molecule has 0 radical (unpaired) electrons. The zero-order chi connectivity index (χ0) is 20.3. The molecule has 154 valence electrons. The Kier molecular flexibility index (Phi) is 4.33. The minimum absolute atomic E-state index is 0.0545. The number of rotatable bonds is 3. The first-order valence-corrected chi connectivity index (χ1v) is 11.6. The molecule has 6 rings (SSSR count). The van der Waals surface area contributed by atoms with Crippen LogP contribution >= 0.6 is 11.6 Å². The van der Waals surface area contributed by atoms with E-state index < -0.39 is 0 Å². The molecular formula is C26H27ClN2O. The van der Waals surface area contributed by atoms with Crippen LogP contribution in [-0.2, 0) is 18.3 Å². The van der Waals surface area contributed by atoms with Crippen LogP contribution in [0.1, 0.15) is 36.1 Å². The van der Waals surface area contributed by atoms with Crippen molar-refractivity contribution in [3.8, 4) is 5.75 Å². The summed E-state index contributed by atoms with van der Waals surface area (Å²) in [6.45, 7) is 3.53. The highest BCUT2D eigenvalue weighted by Crippen LogP contribution is 2.49. The van der Waals surface area contributed by atoms with Gasteiger partial charge >= 0.3 is 0 Å². The molecule has 1 aromatic heterocycles. The first-order chi connectivity index (χ1) is 14.6. The molecule has 3 nitrogen and oxygen atoms in total. The highest BCUT2D eigenvalue weighted by Gasteiger charge is 2.48. The Balaban J connectivity index is 1.44. The number of fused-ring (bicyclic) bond motifs is 3. The van der Waals surface area contributed by atoms with E-state index in [9.17, 15) is 5.11 Å². The van der Waals surface area contributed by atoms with Gasteiger partial charge in [-0.05, 0) is 91.6 Å². The Labute approximate surface area is 182 Å². The number of nitrogens with zero attached hydrogens (tertiary/aromatic N) is 2. The highest BCUT2D eigenvalue weighted by molar-refractivity contribution is 6.31. The molecule has 30 heavy (non-hydrogen) atoms. The van der Waals surface area contributed by atoms with Crippen molar-refractivity contribution < 1.29 is 5.11 Å². The van der Waals surface area contributed by atoms with E-state index in [1.54, 1.807) is 6.07 Å². The van der Waals surface area contributed by atoms with E-state index in [4.69, 9.17) is 16.6 Å². The zero-order valence-electron chi connectivity index (χ0n) is 17.1. The van der Waals surface area contributed by atoms with E-state index in [0.717, 1.165) is 54.2 Å². The molecule has 0 amide bonds. The fourth-order valence-electron chi connectivity index (χ4n) is 5.89. The molecule has 3 aromatic rings. The van der Waals surface area contributed by atoms with E-state index in [0.29, 0.717) is 11.7 Å². The van der Waals surface area contributed by atoms with Gasteiger partial charge < -0.3 is 10.0 Å². The Morgan fingerprint density at radius 2 is 2.03 bits per heavy atom. The van der Waals surface area contributed by atoms with Crippen molar-refractivity contribution >= 4 is 22.5 Å². The summed E-state index contributed by atoms with van der Waals surface area (Å²) in [5, 5.41) is 12.1. The van der Waals surface area contributed by atoms with Gasteiger partial charge in [0.05, 0.1) is 5.52 Å². The van der Waals surface area contributed by atoms with Crippen LogP contribution in [0.3, 0.4) is 0 Å². The number of phenols is 1. The molecule has 2 aromatic carbocycles. The molecular weight excluding hydrogens is 392 g/mol. The topological polar surface area (TPSA) is 36.4 Å². The second-order valence-electron chi connectivity index (χ2n) is 9.67. The SMILES string of the molecule is Oc1cccc([C@@]23CCN(CC4CC4)C[C@@H]2Cc2cc4cc(Cl)ccc4nc2C3)c1. The molecule has 1 aliphatic heterocycles. The van der Waals surface area contributed by atoms with Gasteiger partial charge in [0.2, 0.25) is 0 Å². The first kappa shape index (κ1) is 18.7. The lowest BCUT2D eigenvalue weighted by atomic mass is 9.58. The minimum atomic E-state index is 0.0545. The zero-order valence-corrected chi connectivity index (χ0v) is 17.9. The lowest BCUT2D eigenvalue weighted by molar-refractivity contribution is 0.0777. The Hall–Kier alpha value is -2.10. The largest absolute Gasteiger partial charge is 0.508 e. The summed E-state index contributed by atoms with van der Waals surface area (Å²) in [5.74, 6) is 1.83. The van der Waals surface area contributed by atoms with Gasteiger partial charge in [-0.2, -0.15) is 0 Å². The van der Waals surface area contributed by atoms with Gasteiger partial charge in [0.15, 0.2) is 0 Å². The van der Waals surface area contributed by atoms with Crippen molar-refractivity contribution in [3.63, 3.8) is 0 Å². The number of halogens is 1. The van der Waals surface area contributed by atoms with Gasteiger partial charge in [-0.1, -0.05) is 23.7 Å². The molecule has 0 spiro atoms. The number of likely N-dealkylation sites (tertiary alicyclic amines) is 1. The van der Waals surface area contributed by atoms with E-state index >= 15 is 0 Å². The van der Waals surface area contributed by atoms with Crippen LogP contribution < -0.4 is 0 Å². The van der Waals surface area contributed by atoms with Gasteiger partial charge in [-0.15, -0.1) is 0 Å². The maximum atomic E-state index is 10.2.